The van der Waals surface area contributed by atoms with E-state index in [2.05, 4.69) is 15.3 Å². The van der Waals surface area contributed by atoms with Crippen molar-refractivity contribution in [2.45, 2.75) is 31.4 Å². The Hall–Kier alpha value is -4.94. The van der Waals surface area contributed by atoms with Crippen molar-refractivity contribution >= 4 is 22.6 Å². The first-order valence-electron chi connectivity index (χ1n) is 13.2. The maximum Gasteiger partial charge on any atom is 0.393 e. The van der Waals surface area contributed by atoms with Gasteiger partial charge in [-0.25, -0.2) is 22.5 Å². The second kappa shape index (κ2) is 12.0. The number of aromatic amines is 1. The average Bonchev–Trinajstić information content (AvgIpc) is 3.36. The van der Waals surface area contributed by atoms with Gasteiger partial charge in [0.05, 0.1) is 28.9 Å². The smallest absolute Gasteiger partial charge is 0.354 e. The first-order chi connectivity index (χ1) is 20.8. The van der Waals surface area contributed by atoms with Crippen LogP contribution in [0.3, 0.4) is 0 Å². The van der Waals surface area contributed by atoms with Crippen LogP contribution in [0.4, 0.5) is 36.6 Å². The lowest BCUT2D eigenvalue weighted by Crippen LogP contribution is -2.23. The monoisotopic (exact) mass is 616 g/mol. The first-order valence-corrected chi connectivity index (χ1v) is 13.2. The predicted octanol–water partition coefficient (Wildman–Crippen LogP) is 7.36. The van der Waals surface area contributed by atoms with Crippen LogP contribution in [0.5, 0.6) is 0 Å². The molecule has 0 bridgehead atoms. The third-order valence-electron chi connectivity index (χ3n) is 7.03. The van der Waals surface area contributed by atoms with Crippen molar-refractivity contribution in [3.8, 4) is 22.4 Å². The SMILES string of the molecule is Cn1cc(CC(F)(F)F)c2[nH]c(-c3ccnc(NC(=O)[C@@H](CC(F)F)c4ccc(F)cc4)c3)c(-c3ccc(F)cc3)c2c1=O. The molecule has 228 valence electrons. The molecule has 2 N–H and O–H groups in total. The van der Waals surface area contributed by atoms with Crippen molar-refractivity contribution in [1.29, 1.82) is 0 Å². The number of aryl methyl sites for hydroxylation is 1. The molecule has 1 amide bonds. The lowest BCUT2D eigenvalue weighted by molar-refractivity contribution is -0.127. The Morgan fingerprint density at radius 3 is 2.23 bits per heavy atom. The lowest BCUT2D eigenvalue weighted by Gasteiger charge is -2.17. The summed E-state index contributed by atoms with van der Waals surface area (Å²) in [6, 6.07) is 12.4. The van der Waals surface area contributed by atoms with E-state index in [1.165, 1.54) is 49.6 Å². The number of hydrogen-bond donors (Lipinski definition) is 2. The fraction of sp³-hybridized carbons (Fsp3) is 0.194. The fourth-order valence-electron chi connectivity index (χ4n) is 5.10. The quantitative estimate of drug-likeness (QED) is 0.179. The van der Waals surface area contributed by atoms with E-state index in [-0.39, 0.29) is 44.7 Å². The van der Waals surface area contributed by atoms with Crippen LogP contribution < -0.4 is 10.9 Å². The molecular formula is C31H23F7N4O2. The van der Waals surface area contributed by atoms with Crippen LogP contribution in [0.25, 0.3) is 33.3 Å². The summed E-state index contributed by atoms with van der Waals surface area (Å²) in [5.41, 5.74) is 0.236. The van der Waals surface area contributed by atoms with E-state index in [9.17, 15) is 40.3 Å². The van der Waals surface area contributed by atoms with E-state index in [4.69, 9.17) is 0 Å². The summed E-state index contributed by atoms with van der Waals surface area (Å²) in [7, 11) is 1.32. The third kappa shape index (κ3) is 6.51. The molecule has 0 aliphatic heterocycles. The van der Waals surface area contributed by atoms with Crippen molar-refractivity contribution in [2.24, 2.45) is 7.05 Å². The Kier molecular flexibility index (Phi) is 8.31. The van der Waals surface area contributed by atoms with Crippen molar-refractivity contribution in [3.63, 3.8) is 0 Å². The summed E-state index contributed by atoms with van der Waals surface area (Å²) in [5.74, 6) is -3.46. The number of amides is 1. The van der Waals surface area contributed by atoms with Gasteiger partial charge >= 0.3 is 6.18 Å². The van der Waals surface area contributed by atoms with Crippen molar-refractivity contribution < 1.29 is 35.5 Å². The number of carbonyl (C=O) groups is 1. The van der Waals surface area contributed by atoms with Gasteiger partial charge in [0.2, 0.25) is 12.3 Å². The van der Waals surface area contributed by atoms with Gasteiger partial charge in [0.15, 0.2) is 0 Å². The Bertz CT molecular complexity index is 1880. The van der Waals surface area contributed by atoms with Crippen LogP contribution in [0.2, 0.25) is 0 Å². The Balaban J connectivity index is 1.63. The van der Waals surface area contributed by atoms with E-state index in [1.54, 1.807) is 0 Å². The molecule has 0 spiro atoms. The summed E-state index contributed by atoms with van der Waals surface area (Å²) < 4.78 is 95.5. The molecule has 6 nitrogen and oxygen atoms in total. The van der Waals surface area contributed by atoms with Crippen molar-refractivity contribution in [2.75, 3.05) is 5.32 Å². The van der Waals surface area contributed by atoms with E-state index >= 15 is 0 Å². The number of rotatable bonds is 8. The molecule has 13 heteroatoms. The maximum absolute atomic E-state index is 13.8. The van der Waals surface area contributed by atoms with Gasteiger partial charge in [-0.1, -0.05) is 24.3 Å². The molecule has 1 atom stereocenters. The number of alkyl halides is 5. The average molecular weight is 617 g/mol. The van der Waals surface area contributed by atoms with E-state index in [1.807, 2.05) is 0 Å². The Morgan fingerprint density at radius 2 is 1.61 bits per heavy atom. The molecular weight excluding hydrogens is 593 g/mol. The van der Waals surface area contributed by atoms with Gasteiger partial charge in [-0.2, -0.15) is 13.2 Å². The number of aromatic nitrogens is 3. The molecule has 0 fully saturated rings. The number of carbonyl (C=O) groups excluding carboxylic acids is 1. The maximum atomic E-state index is 13.8. The fourth-order valence-corrected chi connectivity index (χ4v) is 5.10. The van der Waals surface area contributed by atoms with Crippen molar-refractivity contribution in [3.05, 3.63) is 106 Å². The lowest BCUT2D eigenvalue weighted by atomic mass is 9.95. The Labute approximate surface area is 245 Å². The number of hydrogen-bond acceptors (Lipinski definition) is 3. The summed E-state index contributed by atoms with van der Waals surface area (Å²) in [6.07, 6.45) is -7.28. The summed E-state index contributed by atoms with van der Waals surface area (Å²) in [5, 5.41) is 2.42. The molecule has 44 heavy (non-hydrogen) atoms. The van der Waals surface area contributed by atoms with Crippen molar-refractivity contribution in [1.82, 2.24) is 14.5 Å². The highest BCUT2D eigenvalue weighted by atomic mass is 19.4. The molecule has 0 saturated carbocycles. The van der Waals surface area contributed by atoms with E-state index in [0.29, 0.717) is 5.56 Å². The normalized spacial score (nSPS) is 12.6. The zero-order chi connectivity index (χ0) is 31.8. The molecule has 3 aromatic heterocycles. The predicted molar refractivity (Wildman–Crippen MR) is 150 cm³/mol. The summed E-state index contributed by atoms with van der Waals surface area (Å²) >= 11 is 0. The Morgan fingerprint density at radius 1 is 0.977 bits per heavy atom. The number of halogens is 7. The molecule has 0 aliphatic rings. The van der Waals surface area contributed by atoms with Gasteiger partial charge in [-0.15, -0.1) is 0 Å². The van der Waals surface area contributed by atoms with Crippen LogP contribution in [0.15, 0.2) is 77.9 Å². The van der Waals surface area contributed by atoms with Gasteiger partial charge in [-0.3, -0.25) is 9.59 Å². The highest BCUT2D eigenvalue weighted by Gasteiger charge is 2.31. The number of nitrogens with zero attached hydrogens (tertiary/aromatic N) is 2. The van der Waals surface area contributed by atoms with E-state index in [0.717, 1.165) is 35.0 Å². The summed E-state index contributed by atoms with van der Waals surface area (Å²) in [4.78, 5) is 33.5. The molecule has 5 rings (SSSR count). The second-order valence-electron chi connectivity index (χ2n) is 10.1. The van der Waals surface area contributed by atoms with Crippen LogP contribution in [-0.4, -0.2) is 33.0 Å². The van der Waals surface area contributed by atoms with Crippen LogP contribution in [0, 0.1) is 11.6 Å². The van der Waals surface area contributed by atoms with Gasteiger partial charge < -0.3 is 14.9 Å². The molecule has 0 unspecified atom stereocenters. The topological polar surface area (TPSA) is 79.8 Å². The van der Waals surface area contributed by atoms with Gasteiger partial charge in [0, 0.05) is 42.6 Å². The largest absolute Gasteiger partial charge is 0.393 e. The summed E-state index contributed by atoms with van der Waals surface area (Å²) in [6.45, 7) is 0. The molecule has 2 aromatic carbocycles. The number of fused-ring (bicyclic) bond motifs is 1. The molecule has 0 radical (unpaired) electrons. The highest BCUT2D eigenvalue weighted by Crippen LogP contribution is 2.39. The molecule has 0 aliphatic carbocycles. The number of pyridine rings is 2. The van der Waals surface area contributed by atoms with Gasteiger partial charge in [0.25, 0.3) is 5.56 Å². The molecule has 0 saturated heterocycles. The number of nitrogens with one attached hydrogen (secondary N) is 2. The minimum atomic E-state index is -4.60. The zero-order valence-electron chi connectivity index (χ0n) is 22.9. The highest BCUT2D eigenvalue weighted by molar-refractivity contribution is 6.05. The number of anilines is 1. The number of benzene rings is 2. The third-order valence-corrected chi connectivity index (χ3v) is 7.03. The van der Waals surface area contributed by atoms with Gasteiger partial charge in [-0.05, 0) is 47.5 Å². The minimum Gasteiger partial charge on any atom is -0.354 e. The molecule has 5 aromatic rings. The van der Waals surface area contributed by atoms with Crippen LogP contribution >= 0.6 is 0 Å². The first kappa shape index (κ1) is 30.5. The minimum absolute atomic E-state index is 0.0634. The number of H-pyrrole nitrogens is 1. The van der Waals surface area contributed by atoms with E-state index < -0.39 is 54.5 Å². The zero-order valence-corrected chi connectivity index (χ0v) is 22.9. The van der Waals surface area contributed by atoms with Crippen LogP contribution in [-0.2, 0) is 18.3 Å². The molecule has 3 heterocycles. The van der Waals surface area contributed by atoms with Crippen LogP contribution in [0.1, 0.15) is 23.5 Å². The standard InChI is InChI=1S/C31H23F7N4O2/c1-42-15-19(14-31(36,37)38)28-26(30(42)44)25(17-4-8-21(33)9-5-17)27(41-28)18-10-11-39-24(12-18)40-29(43)22(13-23(34)35)16-2-6-20(32)7-3-16/h2-12,15,22-23,41H,13-14H2,1H3,(H,39,40,43)/t22-/m0/s1. The van der Waals surface area contributed by atoms with Gasteiger partial charge in [0.1, 0.15) is 17.5 Å². The second-order valence-corrected chi connectivity index (χ2v) is 10.1.